The molecule has 2 amide bonds. The number of hydrogen-bond donors (Lipinski definition) is 1. The number of nitrogens with one attached hydrogen (secondary N) is 1. The van der Waals surface area contributed by atoms with Gasteiger partial charge in [0.1, 0.15) is 11.4 Å². The van der Waals surface area contributed by atoms with Gasteiger partial charge in [0.05, 0.1) is 6.42 Å². The number of amides is 2. The molecule has 0 saturated carbocycles. The second kappa shape index (κ2) is 12.2. The first-order valence-corrected chi connectivity index (χ1v) is 13.7. The Morgan fingerprint density at radius 2 is 1.68 bits per heavy atom. The second-order valence-corrected chi connectivity index (χ2v) is 11.6. The van der Waals surface area contributed by atoms with Crippen LogP contribution in [0.1, 0.15) is 51.7 Å². The summed E-state index contributed by atoms with van der Waals surface area (Å²) < 4.78 is 19.0. The molecule has 2 fully saturated rings. The lowest BCUT2D eigenvalue weighted by atomic mass is 10.0. The molecule has 1 unspecified atom stereocenters. The number of piperazine rings is 1. The fourth-order valence-electron chi connectivity index (χ4n) is 5.16. The second-order valence-electron chi connectivity index (χ2n) is 11.6. The number of anilines is 1. The number of carbonyl (C=O) groups is 2. The van der Waals surface area contributed by atoms with E-state index in [9.17, 15) is 14.0 Å². The Kier molecular flexibility index (Phi) is 8.92. The Balaban J connectivity index is 1.20. The molecule has 2 aromatic rings. The van der Waals surface area contributed by atoms with Gasteiger partial charge in [0.15, 0.2) is 0 Å². The lowest BCUT2D eigenvalue weighted by Crippen LogP contribution is -2.54. The molecule has 4 rings (SSSR count). The van der Waals surface area contributed by atoms with Crippen LogP contribution in [0.15, 0.2) is 48.5 Å². The number of halogens is 1. The highest BCUT2D eigenvalue weighted by Crippen LogP contribution is 2.20. The molecular weight excluding hydrogens is 483 g/mol. The van der Waals surface area contributed by atoms with Crippen molar-refractivity contribution in [2.45, 2.75) is 71.2 Å². The van der Waals surface area contributed by atoms with Crippen LogP contribution in [0.4, 0.5) is 14.9 Å². The number of ether oxygens (including phenoxy) is 1. The van der Waals surface area contributed by atoms with E-state index in [0.717, 1.165) is 43.7 Å². The maximum absolute atomic E-state index is 13.4. The van der Waals surface area contributed by atoms with Gasteiger partial charge >= 0.3 is 6.09 Å². The summed E-state index contributed by atoms with van der Waals surface area (Å²) in [6.07, 6.45) is 1.85. The minimum Gasteiger partial charge on any atom is -0.444 e. The van der Waals surface area contributed by atoms with Crippen LogP contribution in [0.3, 0.4) is 0 Å². The van der Waals surface area contributed by atoms with E-state index in [-0.39, 0.29) is 29.9 Å². The fourth-order valence-corrected chi connectivity index (χ4v) is 5.16. The van der Waals surface area contributed by atoms with Gasteiger partial charge in [-0.2, -0.15) is 0 Å². The number of likely N-dealkylation sites (tertiary alicyclic amines) is 1. The predicted molar refractivity (Wildman–Crippen MR) is 147 cm³/mol. The van der Waals surface area contributed by atoms with Gasteiger partial charge in [-0.3, -0.25) is 9.69 Å². The van der Waals surface area contributed by atoms with E-state index in [4.69, 9.17) is 4.74 Å². The van der Waals surface area contributed by atoms with Crippen LogP contribution in [-0.4, -0.2) is 77.1 Å². The van der Waals surface area contributed by atoms with E-state index in [1.165, 1.54) is 17.7 Å². The zero-order valence-electron chi connectivity index (χ0n) is 23.1. The first-order chi connectivity index (χ1) is 18.1. The highest BCUT2D eigenvalue weighted by Gasteiger charge is 2.30. The van der Waals surface area contributed by atoms with Gasteiger partial charge in [0.2, 0.25) is 5.91 Å². The van der Waals surface area contributed by atoms with E-state index in [0.29, 0.717) is 26.1 Å². The molecule has 1 N–H and O–H groups in total. The number of carbonyl (C=O) groups excluding carboxylic acids is 2. The van der Waals surface area contributed by atoms with Gasteiger partial charge in [0, 0.05) is 57.0 Å². The monoisotopic (exact) mass is 524 g/mol. The molecular formula is C30H41FN4O3. The van der Waals surface area contributed by atoms with Crippen LogP contribution in [-0.2, 0) is 22.5 Å². The molecule has 0 spiro atoms. The zero-order valence-corrected chi connectivity index (χ0v) is 23.1. The number of hydrogen-bond acceptors (Lipinski definition) is 5. The molecule has 38 heavy (non-hydrogen) atoms. The van der Waals surface area contributed by atoms with Gasteiger partial charge in [-0.05, 0) is 69.9 Å². The van der Waals surface area contributed by atoms with E-state index < -0.39 is 5.60 Å². The summed E-state index contributed by atoms with van der Waals surface area (Å²) in [5, 5.41) is 3.38. The van der Waals surface area contributed by atoms with Crippen molar-refractivity contribution in [3.05, 3.63) is 65.5 Å². The quantitative estimate of drug-likeness (QED) is 0.582. The van der Waals surface area contributed by atoms with Crippen molar-refractivity contribution in [3.8, 4) is 0 Å². The fraction of sp³-hybridized carbons (Fsp3) is 0.533. The van der Waals surface area contributed by atoms with Crippen LogP contribution in [0.5, 0.6) is 0 Å². The molecule has 0 aliphatic carbocycles. The first-order valence-electron chi connectivity index (χ1n) is 13.7. The maximum Gasteiger partial charge on any atom is 0.410 e. The molecule has 2 heterocycles. The third-order valence-electron chi connectivity index (χ3n) is 7.17. The Bertz CT molecular complexity index is 1090. The Hall–Kier alpha value is -3.13. The smallest absolute Gasteiger partial charge is 0.410 e. The van der Waals surface area contributed by atoms with Crippen molar-refractivity contribution >= 4 is 17.7 Å². The van der Waals surface area contributed by atoms with E-state index in [1.54, 1.807) is 6.07 Å². The van der Waals surface area contributed by atoms with Crippen LogP contribution >= 0.6 is 0 Å². The van der Waals surface area contributed by atoms with Gasteiger partial charge in [0.25, 0.3) is 0 Å². The summed E-state index contributed by atoms with van der Waals surface area (Å²) in [5.74, 6) is -0.0991. The Morgan fingerprint density at radius 1 is 1.00 bits per heavy atom. The molecule has 2 aliphatic heterocycles. The number of nitrogens with zero attached hydrogens (tertiary/aromatic N) is 3. The van der Waals surface area contributed by atoms with Gasteiger partial charge < -0.3 is 19.9 Å². The Morgan fingerprint density at radius 3 is 2.32 bits per heavy atom. The van der Waals surface area contributed by atoms with Gasteiger partial charge in [-0.1, -0.05) is 30.3 Å². The minimum absolute atomic E-state index is 0.0868. The summed E-state index contributed by atoms with van der Waals surface area (Å²) in [4.78, 5) is 31.5. The third-order valence-corrected chi connectivity index (χ3v) is 7.17. The van der Waals surface area contributed by atoms with Gasteiger partial charge in [-0.15, -0.1) is 0 Å². The van der Waals surface area contributed by atoms with Crippen LogP contribution in [0.2, 0.25) is 0 Å². The number of piperidine rings is 1. The largest absolute Gasteiger partial charge is 0.444 e. The molecule has 1 atom stereocenters. The number of rotatable bonds is 6. The molecule has 2 aliphatic rings. The predicted octanol–water partition coefficient (Wildman–Crippen LogP) is 4.91. The van der Waals surface area contributed by atoms with Crippen molar-refractivity contribution in [1.29, 1.82) is 0 Å². The first kappa shape index (κ1) is 27.9. The van der Waals surface area contributed by atoms with Crippen molar-refractivity contribution in [2.24, 2.45) is 0 Å². The average Bonchev–Trinajstić information content (AvgIpc) is 2.84. The highest BCUT2D eigenvalue weighted by molar-refractivity contribution is 5.79. The van der Waals surface area contributed by atoms with Crippen LogP contribution in [0.25, 0.3) is 0 Å². The molecule has 2 saturated heterocycles. The molecule has 206 valence electrons. The molecule has 2 aromatic carbocycles. The summed E-state index contributed by atoms with van der Waals surface area (Å²) in [5.41, 5.74) is 2.51. The van der Waals surface area contributed by atoms with Crippen molar-refractivity contribution in [2.75, 3.05) is 38.0 Å². The van der Waals surface area contributed by atoms with Crippen molar-refractivity contribution in [1.82, 2.24) is 14.7 Å². The lowest BCUT2D eigenvalue weighted by Gasteiger charge is -2.40. The van der Waals surface area contributed by atoms with E-state index in [2.05, 4.69) is 29.3 Å². The van der Waals surface area contributed by atoms with E-state index >= 15 is 0 Å². The maximum atomic E-state index is 13.4. The summed E-state index contributed by atoms with van der Waals surface area (Å²) in [7, 11) is 0. The van der Waals surface area contributed by atoms with E-state index in [1.807, 2.05) is 48.8 Å². The van der Waals surface area contributed by atoms with Crippen molar-refractivity contribution < 1.29 is 18.7 Å². The average molecular weight is 525 g/mol. The normalized spacial score (nSPS) is 19.3. The molecule has 7 nitrogen and oxygen atoms in total. The Labute approximate surface area is 225 Å². The van der Waals surface area contributed by atoms with Crippen LogP contribution < -0.4 is 5.32 Å². The molecule has 0 radical (unpaired) electrons. The standard InChI is InChI=1S/C30H41FN4O3/c1-22-20-33(16-17-35(22)29(37)38-30(2,3)4)21-24-10-8-23(9-11-24)18-28(36)34-14-12-26(13-15-34)32-27-7-5-6-25(31)19-27/h5-11,19,22,26,32H,12-18,20-21H2,1-4H3. The highest BCUT2D eigenvalue weighted by atomic mass is 19.1. The number of benzene rings is 2. The summed E-state index contributed by atoms with van der Waals surface area (Å²) in [6, 6.07) is 15.1. The van der Waals surface area contributed by atoms with Crippen molar-refractivity contribution in [3.63, 3.8) is 0 Å². The SMILES string of the molecule is CC1CN(Cc2ccc(CC(=O)N3CCC(Nc4cccc(F)c4)CC3)cc2)CCN1C(=O)OC(C)(C)C. The zero-order chi connectivity index (χ0) is 27.3. The molecule has 0 bridgehead atoms. The van der Waals surface area contributed by atoms with Gasteiger partial charge in [-0.25, -0.2) is 9.18 Å². The summed E-state index contributed by atoms with van der Waals surface area (Å²) in [6.45, 7) is 12.2. The molecule has 8 heteroatoms. The third kappa shape index (κ3) is 7.93. The molecule has 0 aromatic heterocycles. The topological polar surface area (TPSA) is 65.1 Å². The summed E-state index contributed by atoms with van der Waals surface area (Å²) >= 11 is 0. The minimum atomic E-state index is -0.491. The lowest BCUT2D eigenvalue weighted by molar-refractivity contribution is -0.131. The van der Waals surface area contributed by atoms with Crippen LogP contribution in [0, 0.1) is 5.82 Å².